The SMILES string of the molecule is Cc1n[nH]c(C)c1CCC(=O)N1CCS[C@@H](c2ccccc2Cl)CC1. The first kappa shape index (κ1) is 18.3. The van der Waals surface area contributed by atoms with Crippen LogP contribution in [-0.2, 0) is 11.2 Å². The first-order valence-electron chi connectivity index (χ1n) is 8.70. The number of hydrogen-bond donors (Lipinski definition) is 1. The number of carbonyl (C=O) groups excluding carboxylic acids is 1. The molecule has 2 aromatic rings. The highest BCUT2D eigenvalue weighted by atomic mass is 35.5. The van der Waals surface area contributed by atoms with Crippen LogP contribution in [0, 0.1) is 13.8 Å². The largest absolute Gasteiger partial charge is 0.342 e. The van der Waals surface area contributed by atoms with Crippen LogP contribution in [0.5, 0.6) is 0 Å². The van der Waals surface area contributed by atoms with Gasteiger partial charge in [0, 0.05) is 41.2 Å². The van der Waals surface area contributed by atoms with Gasteiger partial charge in [0.1, 0.15) is 0 Å². The molecule has 0 spiro atoms. The third-order valence-electron chi connectivity index (χ3n) is 4.82. The molecule has 0 bridgehead atoms. The third-order valence-corrected chi connectivity index (χ3v) is 6.47. The van der Waals surface area contributed by atoms with E-state index in [4.69, 9.17) is 11.6 Å². The molecular weight excluding hydrogens is 354 g/mol. The van der Waals surface area contributed by atoms with Crippen molar-refractivity contribution in [1.82, 2.24) is 15.1 Å². The molecule has 1 saturated heterocycles. The standard InChI is InChI=1S/C19H24ClN3OS/c1-13-15(14(2)22-21-13)7-8-19(24)23-10-9-18(25-12-11-23)16-5-3-4-6-17(16)20/h3-6,18H,7-12H2,1-2H3,(H,21,22)/t18-/m1/s1. The minimum absolute atomic E-state index is 0.236. The van der Waals surface area contributed by atoms with Crippen molar-refractivity contribution in [2.24, 2.45) is 0 Å². The summed E-state index contributed by atoms with van der Waals surface area (Å²) in [6.07, 6.45) is 2.25. The minimum Gasteiger partial charge on any atom is -0.342 e. The van der Waals surface area contributed by atoms with Gasteiger partial charge in [-0.15, -0.1) is 0 Å². The molecule has 1 aromatic heterocycles. The molecule has 4 nitrogen and oxygen atoms in total. The maximum Gasteiger partial charge on any atom is 0.222 e. The number of aromatic nitrogens is 2. The molecule has 6 heteroatoms. The van der Waals surface area contributed by atoms with Crippen molar-refractivity contribution in [2.75, 3.05) is 18.8 Å². The van der Waals surface area contributed by atoms with Gasteiger partial charge in [-0.1, -0.05) is 29.8 Å². The van der Waals surface area contributed by atoms with Gasteiger partial charge in [-0.2, -0.15) is 16.9 Å². The molecule has 134 valence electrons. The smallest absolute Gasteiger partial charge is 0.222 e. The van der Waals surface area contributed by atoms with E-state index in [0.717, 1.165) is 48.1 Å². The van der Waals surface area contributed by atoms with E-state index in [9.17, 15) is 4.79 Å². The number of nitrogens with one attached hydrogen (secondary N) is 1. The fourth-order valence-corrected chi connectivity index (χ4v) is 4.94. The Kier molecular flexibility index (Phi) is 6.07. The molecule has 0 unspecified atom stereocenters. The highest BCUT2D eigenvalue weighted by molar-refractivity contribution is 7.99. The summed E-state index contributed by atoms with van der Waals surface area (Å²) in [5.74, 6) is 1.19. The lowest BCUT2D eigenvalue weighted by Crippen LogP contribution is -2.33. The zero-order valence-electron chi connectivity index (χ0n) is 14.7. The Labute approximate surface area is 158 Å². The quantitative estimate of drug-likeness (QED) is 0.863. The molecule has 1 aromatic carbocycles. The van der Waals surface area contributed by atoms with Gasteiger partial charge < -0.3 is 4.90 Å². The number of benzene rings is 1. The van der Waals surface area contributed by atoms with Gasteiger partial charge in [0.05, 0.1) is 5.69 Å². The molecule has 0 saturated carbocycles. The average molecular weight is 378 g/mol. The van der Waals surface area contributed by atoms with Crippen molar-refractivity contribution >= 4 is 29.3 Å². The number of amides is 1. The van der Waals surface area contributed by atoms with E-state index in [-0.39, 0.29) is 5.91 Å². The van der Waals surface area contributed by atoms with E-state index >= 15 is 0 Å². The van der Waals surface area contributed by atoms with E-state index in [1.807, 2.05) is 48.7 Å². The Morgan fingerprint density at radius 3 is 2.88 bits per heavy atom. The number of hydrogen-bond acceptors (Lipinski definition) is 3. The van der Waals surface area contributed by atoms with Crippen molar-refractivity contribution in [1.29, 1.82) is 0 Å². The highest BCUT2D eigenvalue weighted by Gasteiger charge is 2.23. The Balaban J connectivity index is 1.57. The lowest BCUT2D eigenvalue weighted by atomic mass is 10.1. The van der Waals surface area contributed by atoms with Crippen molar-refractivity contribution in [3.05, 3.63) is 51.8 Å². The highest BCUT2D eigenvalue weighted by Crippen LogP contribution is 2.37. The van der Waals surface area contributed by atoms with E-state index in [1.54, 1.807) is 0 Å². The summed E-state index contributed by atoms with van der Waals surface area (Å²) in [6.45, 7) is 5.61. The number of halogens is 1. The van der Waals surface area contributed by atoms with Gasteiger partial charge in [0.2, 0.25) is 5.91 Å². The normalized spacial score (nSPS) is 18.2. The van der Waals surface area contributed by atoms with Crippen LogP contribution in [0.4, 0.5) is 0 Å². The molecule has 2 heterocycles. The van der Waals surface area contributed by atoms with Crippen LogP contribution in [0.3, 0.4) is 0 Å². The van der Waals surface area contributed by atoms with Gasteiger partial charge >= 0.3 is 0 Å². The maximum absolute atomic E-state index is 12.6. The Hall–Kier alpha value is -1.46. The first-order chi connectivity index (χ1) is 12.1. The monoisotopic (exact) mass is 377 g/mol. The zero-order valence-corrected chi connectivity index (χ0v) is 16.3. The molecule has 1 fully saturated rings. The molecule has 0 radical (unpaired) electrons. The fraction of sp³-hybridized carbons (Fsp3) is 0.474. The Bertz CT molecular complexity index is 727. The van der Waals surface area contributed by atoms with Crippen LogP contribution in [0.25, 0.3) is 0 Å². The van der Waals surface area contributed by atoms with E-state index in [2.05, 4.69) is 16.3 Å². The number of thioether (sulfide) groups is 1. The van der Waals surface area contributed by atoms with Gasteiger partial charge in [0.15, 0.2) is 0 Å². The summed E-state index contributed by atoms with van der Waals surface area (Å²) < 4.78 is 0. The molecule has 3 rings (SSSR count). The summed E-state index contributed by atoms with van der Waals surface area (Å²) in [6, 6.07) is 8.04. The Morgan fingerprint density at radius 2 is 2.16 bits per heavy atom. The van der Waals surface area contributed by atoms with Gasteiger partial charge in [0.25, 0.3) is 0 Å². The first-order valence-corrected chi connectivity index (χ1v) is 10.1. The second kappa shape index (κ2) is 8.28. The predicted octanol–water partition coefficient (Wildman–Crippen LogP) is 4.32. The van der Waals surface area contributed by atoms with Crippen LogP contribution >= 0.6 is 23.4 Å². The number of aromatic amines is 1. The van der Waals surface area contributed by atoms with Crippen LogP contribution in [-0.4, -0.2) is 39.8 Å². The summed E-state index contributed by atoms with van der Waals surface area (Å²) >= 11 is 8.24. The molecule has 25 heavy (non-hydrogen) atoms. The molecule has 1 aliphatic heterocycles. The second-order valence-corrected chi connectivity index (χ2v) is 8.18. The summed E-state index contributed by atoms with van der Waals surface area (Å²) in [4.78, 5) is 14.6. The van der Waals surface area contributed by atoms with Crippen LogP contribution < -0.4 is 0 Å². The van der Waals surface area contributed by atoms with Crippen LogP contribution in [0.2, 0.25) is 5.02 Å². The summed E-state index contributed by atoms with van der Waals surface area (Å²) in [5, 5.41) is 8.39. The van der Waals surface area contributed by atoms with Gasteiger partial charge in [-0.25, -0.2) is 0 Å². The molecule has 1 amide bonds. The number of aryl methyl sites for hydroxylation is 2. The van der Waals surface area contributed by atoms with Crippen LogP contribution in [0.1, 0.15) is 40.6 Å². The van der Waals surface area contributed by atoms with Gasteiger partial charge in [-0.3, -0.25) is 9.89 Å². The predicted molar refractivity (Wildman–Crippen MR) is 104 cm³/mol. The molecule has 1 N–H and O–H groups in total. The van der Waals surface area contributed by atoms with Crippen molar-refractivity contribution < 1.29 is 4.79 Å². The van der Waals surface area contributed by atoms with Gasteiger partial charge in [-0.05, 0) is 43.9 Å². The average Bonchev–Trinajstić information content (AvgIpc) is 2.79. The second-order valence-electron chi connectivity index (χ2n) is 6.46. The summed E-state index contributed by atoms with van der Waals surface area (Å²) in [5.41, 5.74) is 4.42. The maximum atomic E-state index is 12.6. The lowest BCUT2D eigenvalue weighted by molar-refractivity contribution is -0.130. The number of carbonyl (C=O) groups is 1. The fourth-order valence-electron chi connectivity index (χ4n) is 3.34. The summed E-state index contributed by atoms with van der Waals surface area (Å²) in [7, 11) is 0. The number of rotatable bonds is 4. The zero-order chi connectivity index (χ0) is 17.8. The number of nitrogens with zero attached hydrogens (tertiary/aromatic N) is 2. The van der Waals surface area contributed by atoms with Crippen molar-refractivity contribution in [2.45, 2.75) is 38.4 Å². The Morgan fingerprint density at radius 1 is 1.36 bits per heavy atom. The van der Waals surface area contributed by atoms with Crippen LogP contribution in [0.15, 0.2) is 24.3 Å². The number of H-pyrrole nitrogens is 1. The van der Waals surface area contributed by atoms with Crippen molar-refractivity contribution in [3.8, 4) is 0 Å². The lowest BCUT2D eigenvalue weighted by Gasteiger charge is -2.20. The molecule has 1 atom stereocenters. The van der Waals surface area contributed by atoms with E-state index < -0.39 is 0 Å². The van der Waals surface area contributed by atoms with Crippen molar-refractivity contribution in [3.63, 3.8) is 0 Å². The molecule has 0 aliphatic carbocycles. The third kappa shape index (κ3) is 4.39. The van der Waals surface area contributed by atoms with E-state index in [1.165, 1.54) is 11.1 Å². The minimum atomic E-state index is 0.236. The molecule has 1 aliphatic rings. The van der Waals surface area contributed by atoms with E-state index in [0.29, 0.717) is 11.7 Å². The molecular formula is C19H24ClN3OS. The topological polar surface area (TPSA) is 49.0 Å².